The zero-order valence-corrected chi connectivity index (χ0v) is 16.3. The molecule has 5 nitrogen and oxygen atoms in total. The Labute approximate surface area is 169 Å². The number of hydrogen-bond donors (Lipinski definition) is 2. The van der Waals surface area contributed by atoms with Gasteiger partial charge in [0.05, 0.1) is 18.1 Å². The van der Waals surface area contributed by atoms with Crippen LogP contribution in [0.15, 0.2) is 72.8 Å². The van der Waals surface area contributed by atoms with Crippen LogP contribution in [0.3, 0.4) is 0 Å². The lowest BCUT2D eigenvalue weighted by atomic mass is 10.1. The van der Waals surface area contributed by atoms with Crippen LogP contribution in [0.4, 0.5) is 0 Å². The molecule has 0 saturated carbocycles. The topological polar surface area (TPSA) is 67.0 Å². The highest BCUT2D eigenvalue weighted by molar-refractivity contribution is 5.94. The first-order valence-corrected chi connectivity index (χ1v) is 9.65. The molecule has 4 rings (SSSR count). The molecule has 146 valence electrons. The number of ether oxygens (including phenoxy) is 1. The molecule has 0 aliphatic heterocycles. The summed E-state index contributed by atoms with van der Waals surface area (Å²) in [6, 6.07) is 23.5. The average Bonchev–Trinajstić information content (AvgIpc) is 3.20. The van der Waals surface area contributed by atoms with Gasteiger partial charge in [-0.2, -0.15) is 0 Å². The summed E-state index contributed by atoms with van der Waals surface area (Å²) in [5.41, 5.74) is 4.92. The Kier molecular flexibility index (Phi) is 5.56. The van der Waals surface area contributed by atoms with E-state index in [9.17, 15) is 4.79 Å². The van der Waals surface area contributed by atoms with Crippen LogP contribution in [0.1, 0.15) is 27.3 Å². The van der Waals surface area contributed by atoms with Crippen LogP contribution in [0.2, 0.25) is 0 Å². The molecule has 0 aliphatic rings. The molecule has 2 N–H and O–H groups in total. The van der Waals surface area contributed by atoms with Gasteiger partial charge in [0.2, 0.25) is 0 Å². The second-order valence-corrected chi connectivity index (χ2v) is 6.93. The number of aryl methyl sites for hydroxylation is 2. The third-order valence-corrected chi connectivity index (χ3v) is 4.92. The van der Waals surface area contributed by atoms with Crippen molar-refractivity contribution in [2.24, 2.45) is 0 Å². The maximum Gasteiger partial charge on any atom is 0.251 e. The molecule has 0 atom stereocenters. The standard InChI is InChI=1S/C24H23N3O2/c1-29-20-13-8-18(9-14-20)16-25-24(28)19-11-6-17(7-12-19)10-15-23-26-21-4-2-3-5-22(21)27-23/h2-9,11-14H,10,15-16H2,1H3,(H,25,28)(H,26,27). The molecule has 1 aromatic heterocycles. The van der Waals surface area contributed by atoms with Crippen molar-refractivity contribution < 1.29 is 9.53 Å². The Bertz CT molecular complexity index is 1070. The zero-order valence-electron chi connectivity index (χ0n) is 16.3. The molecule has 0 spiro atoms. The van der Waals surface area contributed by atoms with Crippen LogP contribution in [0.5, 0.6) is 5.75 Å². The van der Waals surface area contributed by atoms with Crippen molar-refractivity contribution in [2.75, 3.05) is 7.11 Å². The predicted octanol–water partition coefficient (Wildman–Crippen LogP) is 4.29. The first kappa shape index (κ1) is 18.7. The van der Waals surface area contributed by atoms with Gasteiger partial charge in [0.25, 0.3) is 5.91 Å². The van der Waals surface area contributed by atoms with Gasteiger partial charge >= 0.3 is 0 Å². The van der Waals surface area contributed by atoms with E-state index in [1.807, 2.05) is 72.8 Å². The molecule has 0 fully saturated rings. The van der Waals surface area contributed by atoms with Gasteiger partial charge in [0.1, 0.15) is 11.6 Å². The minimum Gasteiger partial charge on any atom is -0.497 e. The van der Waals surface area contributed by atoms with Crippen molar-refractivity contribution in [1.29, 1.82) is 0 Å². The monoisotopic (exact) mass is 385 g/mol. The van der Waals surface area contributed by atoms with E-state index in [0.717, 1.165) is 41.0 Å². The Hall–Kier alpha value is -3.60. The third kappa shape index (κ3) is 4.63. The lowest BCUT2D eigenvalue weighted by molar-refractivity contribution is 0.0951. The minimum absolute atomic E-state index is 0.0790. The average molecular weight is 385 g/mol. The summed E-state index contributed by atoms with van der Waals surface area (Å²) < 4.78 is 5.15. The first-order valence-electron chi connectivity index (χ1n) is 9.65. The largest absolute Gasteiger partial charge is 0.497 e. The van der Waals surface area contributed by atoms with Crippen LogP contribution in [0.25, 0.3) is 11.0 Å². The summed E-state index contributed by atoms with van der Waals surface area (Å²) in [4.78, 5) is 20.3. The van der Waals surface area contributed by atoms with E-state index in [1.54, 1.807) is 7.11 Å². The molecule has 0 radical (unpaired) electrons. The maximum absolute atomic E-state index is 12.4. The summed E-state index contributed by atoms with van der Waals surface area (Å²) in [6.07, 6.45) is 1.70. The second-order valence-electron chi connectivity index (χ2n) is 6.93. The quantitative estimate of drug-likeness (QED) is 0.499. The van der Waals surface area contributed by atoms with E-state index < -0.39 is 0 Å². The molecule has 1 amide bonds. The summed E-state index contributed by atoms with van der Waals surface area (Å²) in [5, 5.41) is 2.95. The van der Waals surface area contributed by atoms with Gasteiger partial charge in [-0.1, -0.05) is 36.4 Å². The number of rotatable bonds is 7. The van der Waals surface area contributed by atoms with E-state index in [2.05, 4.69) is 15.3 Å². The number of fused-ring (bicyclic) bond motifs is 1. The van der Waals surface area contributed by atoms with Gasteiger partial charge in [-0.05, 0) is 53.9 Å². The molecule has 1 heterocycles. The van der Waals surface area contributed by atoms with Gasteiger partial charge in [-0.3, -0.25) is 4.79 Å². The van der Waals surface area contributed by atoms with E-state index >= 15 is 0 Å². The number of benzene rings is 3. The van der Waals surface area contributed by atoms with Crippen molar-refractivity contribution in [3.05, 3.63) is 95.3 Å². The summed E-state index contributed by atoms with van der Waals surface area (Å²) in [6.45, 7) is 0.483. The molecule has 0 aliphatic carbocycles. The highest BCUT2D eigenvalue weighted by Crippen LogP contribution is 2.14. The maximum atomic E-state index is 12.4. The van der Waals surface area contributed by atoms with Crippen molar-refractivity contribution in [3.63, 3.8) is 0 Å². The minimum atomic E-state index is -0.0790. The number of aromatic amines is 1. The van der Waals surface area contributed by atoms with E-state index in [0.29, 0.717) is 12.1 Å². The summed E-state index contributed by atoms with van der Waals surface area (Å²) in [7, 11) is 1.64. The number of hydrogen-bond acceptors (Lipinski definition) is 3. The second kappa shape index (κ2) is 8.61. The number of H-pyrrole nitrogens is 1. The molecule has 0 unspecified atom stereocenters. The lowest BCUT2D eigenvalue weighted by Gasteiger charge is -2.07. The number of aromatic nitrogens is 2. The molecular weight excluding hydrogens is 362 g/mol. The van der Waals surface area contributed by atoms with Crippen LogP contribution < -0.4 is 10.1 Å². The number of imidazole rings is 1. The van der Waals surface area contributed by atoms with Crippen molar-refractivity contribution in [2.45, 2.75) is 19.4 Å². The Balaban J connectivity index is 1.31. The normalized spacial score (nSPS) is 10.8. The van der Waals surface area contributed by atoms with E-state index in [4.69, 9.17) is 4.74 Å². The van der Waals surface area contributed by atoms with Crippen molar-refractivity contribution >= 4 is 16.9 Å². The predicted molar refractivity (Wildman–Crippen MR) is 114 cm³/mol. The molecule has 0 saturated heterocycles. The van der Waals surface area contributed by atoms with Crippen LogP contribution in [0, 0.1) is 0 Å². The Morgan fingerprint density at radius 3 is 2.38 bits per heavy atom. The summed E-state index contributed by atoms with van der Waals surface area (Å²) in [5.74, 6) is 1.70. The van der Waals surface area contributed by atoms with Gasteiger partial charge in [0.15, 0.2) is 0 Å². The Morgan fingerprint density at radius 1 is 0.931 bits per heavy atom. The van der Waals surface area contributed by atoms with E-state index in [-0.39, 0.29) is 5.91 Å². The number of nitrogens with zero attached hydrogens (tertiary/aromatic N) is 1. The highest BCUT2D eigenvalue weighted by atomic mass is 16.5. The fraction of sp³-hybridized carbons (Fsp3) is 0.167. The third-order valence-electron chi connectivity index (χ3n) is 4.92. The van der Waals surface area contributed by atoms with Gasteiger partial charge in [-0.15, -0.1) is 0 Å². The zero-order chi connectivity index (χ0) is 20.1. The lowest BCUT2D eigenvalue weighted by Crippen LogP contribution is -2.22. The molecule has 29 heavy (non-hydrogen) atoms. The number of carbonyl (C=O) groups excluding carboxylic acids is 1. The number of carbonyl (C=O) groups is 1. The fourth-order valence-electron chi connectivity index (χ4n) is 3.24. The molecule has 0 bridgehead atoms. The number of methoxy groups -OCH3 is 1. The van der Waals surface area contributed by atoms with Crippen LogP contribution >= 0.6 is 0 Å². The van der Waals surface area contributed by atoms with Crippen LogP contribution in [-0.2, 0) is 19.4 Å². The number of para-hydroxylation sites is 2. The molecule has 4 aromatic rings. The smallest absolute Gasteiger partial charge is 0.251 e. The Morgan fingerprint density at radius 2 is 1.66 bits per heavy atom. The van der Waals surface area contributed by atoms with Crippen molar-refractivity contribution in [1.82, 2.24) is 15.3 Å². The number of nitrogens with one attached hydrogen (secondary N) is 2. The fourth-order valence-corrected chi connectivity index (χ4v) is 3.24. The molecular formula is C24H23N3O2. The van der Waals surface area contributed by atoms with E-state index in [1.165, 1.54) is 5.56 Å². The van der Waals surface area contributed by atoms with Gasteiger partial charge in [0, 0.05) is 18.5 Å². The van der Waals surface area contributed by atoms with Gasteiger partial charge < -0.3 is 15.0 Å². The van der Waals surface area contributed by atoms with Crippen LogP contribution in [-0.4, -0.2) is 23.0 Å². The number of amides is 1. The highest BCUT2D eigenvalue weighted by Gasteiger charge is 2.07. The first-order chi connectivity index (χ1) is 14.2. The molecule has 3 aromatic carbocycles. The summed E-state index contributed by atoms with van der Waals surface area (Å²) >= 11 is 0. The van der Waals surface area contributed by atoms with Gasteiger partial charge in [-0.25, -0.2) is 4.98 Å². The van der Waals surface area contributed by atoms with Crippen molar-refractivity contribution in [3.8, 4) is 5.75 Å². The SMILES string of the molecule is COc1ccc(CNC(=O)c2ccc(CCc3nc4ccccc4[nH]3)cc2)cc1. The molecule has 5 heteroatoms.